The lowest BCUT2D eigenvalue weighted by molar-refractivity contribution is -0.121. The number of benzene rings is 1. The number of anilines is 1. The monoisotopic (exact) mass is 263 g/mol. The van der Waals surface area contributed by atoms with Gasteiger partial charge in [0.05, 0.1) is 12.8 Å². The predicted octanol–water partition coefficient (Wildman–Crippen LogP) is 3.21. The third-order valence-corrected chi connectivity index (χ3v) is 4.50. The number of methoxy groups -OCH3 is 1. The summed E-state index contributed by atoms with van der Waals surface area (Å²) in [5, 5.41) is 2.88. The minimum atomic E-state index is -0.366. The van der Waals surface area contributed by atoms with Gasteiger partial charge in [-0.25, -0.2) is 4.39 Å². The summed E-state index contributed by atoms with van der Waals surface area (Å²) >= 11 is 0. The Bertz CT molecular complexity index is 503. The number of hydrogen-bond acceptors (Lipinski definition) is 2. The lowest BCUT2D eigenvalue weighted by Gasteiger charge is -2.21. The summed E-state index contributed by atoms with van der Waals surface area (Å²) in [5.74, 6) is 1.45. The third kappa shape index (κ3) is 2.31. The summed E-state index contributed by atoms with van der Waals surface area (Å²) in [6, 6.07) is 4.18. The molecule has 3 atom stereocenters. The Morgan fingerprint density at radius 1 is 1.37 bits per heavy atom. The van der Waals surface area contributed by atoms with E-state index >= 15 is 0 Å². The molecule has 0 radical (unpaired) electrons. The van der Waals surface area contributed by atoms with Crippen LogP contribution in [0.5, 0.6) is 5.75 Å². The van der Waals surface area contributed by atoms with Crippen LogP contribution in [0.1, 0.15) is 25.7 Å². The fourth-order valence-corrected chi connectivity index (χ4v) is 3.56. The third-order valence-electron chi connectivity index (χ3n) is 4.50. The number of amides is 1. The molecule has 3 rings (SSSR count). The highest BCUT2D eigenvalue weighted by molar-refractivity contribution is 5.94. The second kappa shape index (κ2) is 4.83. The van der Waals surface area contributed by atoms with Crippen molar-refractivity contribution >= 4 is 11.6 Å². The van der Waals surface area contributed by atoms with Crippen LogP contribution in [0.25, 0.3) is 0 Å². The largest absolute Gasteiger partial charge is 0.494 e. The van der Waals surface area contributed by atoms with Crippen LogP contribution < -0.4 is 10.1 Å². The van der Waals surface area contributed by atoms with Gasteiger partial charge in [0.15, 0.2) is 0 Å². The van der Waals surface area contributed by atoms with Crippen LogP contribution in [0.4, 0.5) is 10.1 Å². The average Bonchev–Trinajstić information content (AvgIpc) is 3.03. The van der Waals surface area contributed by atoms with Gasteiger partial charge in [-0.15, -0.1) is 0 Å². The van der Waals surface area contributed by atoms with Crippen LogP contribution in [-0.4, -0.2) is 13.0 Å². The van der Waals surface area contributed by atoms with Crippen LogP contribution in [0.15, 0.2) is 18.2 Å². The number of fused-ring (bicyclic) bond motifs is 2. The van der Waals surface area contributed by atoms with E-state index in [0.29, 0.717) is 17.4 Å². The van der Waals surface area contributed by atoms with E-state index in [0.717, 1.165) is 12.3 Å². The summed E-state index contributed by atoms with van der Waals surface area (Å²) in [5.41, 5.74) is 0.552. The average molecular weight is 263 g/mol. The molecular formula is C15H18FNO2. The first-order valence-corrected chi connectivity index (χ1v) is 6.82. The molecule has 1 N–H and O–H groups in total. The lowest BCUT2D eigenvalue weighted by Crippen LogP contribution is -2.27. The SMILES string of the molecule is COc1cc(F)ccc1NC(=O)C1CC2CCC1C2. The van der Waals surface area contributed by atoms with E-state index in [1.165, 1.54) is 38.5 Å². The first-order chi connectivity index (χ1) is 9.17. The maximum atomic E-state index is 13.1. The van der Waals surface area contributed by atoms with Crippen molar-refractivity contribution in [3.8, 4) is 5.75 Å². The highest BCUT2D eigenvalue weighted by Crippen LogP contribution is 2.48. The van der Waals surface area contributed by atoms with Crippen molar-refractivity contribution in [1.82, 2.24) is 0 Å². The van der Waals surface area contributed by atoms with E-state index in [-0.39, 0.29) is 17.6 Å². The molecule has 1 amide bonds. The molecule has 2 aliphatic rings. The van der Waals surface area contributed by atoms with E-state index in [9.17, 15) is 9.18 Å². The van der Waals surface area contributed by atoms with Gasteiger partial charge in [-0.05, 0) is 43.2 Å². The molecule has 4 heteroatoms. The van der Waals surface area contributed by atoms with Gasteiger partial charge in [0.2, 0.25) is 5.91 Å². The number of hydrogen-bond donors (Lipinski definition) is 1. The minimum Gasteiger partial charge on any atom is -0.494 e. The number of carbonyl (C=O) groups is 1. The molecule has 1 aromatic rings. The van der Waals surface area contributed by atoms with Crippen LogP contribution in [0.3, 0.4) is 0 Å². The van der Waals surface area contributed by atoms with E-state index in [1.54, 1.807) is 6.07 Å². The zero-order valence-electron chi connectivity index (χ0n) is 11.0. The predicted molar refractivity (Wildman–Crippen MR) is 70.5 cm³/mol. The first kappa shape index (κ1) is 12.5. The van der Waals surface area contributed by atoms with Crippen molar-refractivity contribution in [2.45, 2.75) is 25.7 Å². The zero-order chi connectivity index (χ0) is 13.4. The molecule has 0 aromatic heterocycles. The summed E-state index contributed by atoms with van der Waals surface area (Å²) in [6.45, 7) is 0. The van der Waals surface area contributed by atoms with E-state index < -0.39 is 0 Å². The molecule has 2 aliphatic carbocycles. The number of nitrogens with one attached hydrogen (secondary N) is 1. The van der Waals surface area contributed by atoms with Gasteiger partial charge in [0, 0.05) is 12.0 Å². The molecule has 3 unspecified atom stereocenters. The van der Waals surface area contributed by atoms with Gasteiger partial charge in [0.25, 0.3) is 0 Å². The molecule has 19 heavy (non-hydrogen) atoms. The molecule has 0 aliphatic heterocycles. The Kier molecular flexibility index (Phi) is 3.17. The summed E-state index contributed by atoms with van der Waals surface area (Å²) in [6.07, 6.45) is 4.64. The quantitative estimate of drug-likeness (QED) is 0.909. The van der Waals surface area contributed by atoms with Crippen LogP contribution in [0.2, 0.25) is 0 Å². The zero-order valence-corrected chi connectivity index (χ0v) is 11.0. The fourth-order valence-electron chi connectivity index (χ4n) is 3.56. The topological polar surface area (TPSA) is 38.3 Å². The van der Waals surface area contributed by atoms with Crippen LogP contribution in [0, 0.1) is 23.6 Å². The van der Waals surface area contributed by atoms with Crippen LogP contribution >= 0.6 is 0 Å². The van der Waals surface area contributed by atoms with Gasteiger partial charge < -0.3 is 10.1 Å². The van der Waals surface area contributed by atoms with Gasteiger partial charge in [0.1, 0.15) is 11.6 Å². The smallest absolute Gasteiger partial charge is 0.227 e. The number of halogens is 1. The van der Waals surface area contributed by atoms with Gasteiger partial charge >= 0.3 is 0 Å². The van der Waals surface area contributed by atoms with Crippen molar-refractivity contribution in [2.24, 2.45) is 17.8 Å². The molecular weight excluding hydrogens is 245 g/mol. The van der Waals surface area contributed by atoms with Gasteiger partial charge in [-0.2, -0.15) is 0 Å². The summed E-state index contributed by atoms with van der Waals surface area (Å²) in [7, 11) is 1.47. The van der Waals surface area contributed by atoms with Crippen molar-refractivity contribution in [3.63, 3.8) is 0 Å². The Labute approximate surface area is 112 Å². The molecule has 0 heterocycles. The van der Waals surface area contributed by atoms with E-state index in [1.807, 2.05) is 0 Å². The molecule has 0 spiro atoms. The molecule has 3 nitrogen and oxygen atoms in total. The highest BCUT2D eigenvalue weighted by Gasteiger charge is 2.43. The Balaban J connectivity index is 1.73. The van der Waals surface area contributed by atoms with Gasteiger partial charge in [-0.1, -0.05) is 6.42 Å². The second-order valence-electron chi connectivity index (χ2n) is 5.62. The maximum absolute atomic E-state index is 13.1. The number of rotatable bonds is 3. The molecule has 102 valence electrons. The highest BCUT2D eigenvalue weighted by atomic mass is 19.1. The Morgan fingerprint density at radius 2 is 2.21 bits per heavy atom. The molecule has 2 fully saturated rings. The lowest BCUT2D eigenvalue weighted by atomic mass is 9.88. The molecule has 1 aromatic carbocycles. The van der Waals surface area contributed by atoms with Crippen molar-refractivity contribution in [1.29, 1.82) is 0 Å². The standard InChI is InChI=1S/C15H18FNO2/c1-19-14-8-11(16)4-5-13(14)17-15(18)12-7-9-2-3-10(12)6-9/h4-5,8-10,12H,2-3,6-7H2,1H3,(H,17,18). The molecule has 0 saturated heterocycles. The number of carbonyl (C=O) groups excluding carboxylic acids is 1. The van der Waals surface area contributed by atoms with Crippen molar-refractivity contribution in [2.75, 3.05) is 12.4 Å². The van der Waals surface area contributed by atoms with E-state index in [4.69, 9.17) is 4.74 Å². The minimum absolute atomic E-state index is 0.0529. The van der Waals surface area contributed by atoms with Crippen molar-refractivity contribution in [3.05, 3.63) is 24.0 Å². The van der Waals surface area contributed by atoms with E-state index in [2.05, 4.69) is 5.32 Å². The molecule has 2 saturated carbocycles. The van der Waals surface area contributed by atoms with Crippen LogP contribution in [-0.2, 0) is 4.79 Å². The Hall–Kier alpha value is -1.58. The normalized spacial score (nSPS) is 28.4. The Morgan fingerprint density at radius 3 is 2.84 bits per heavy atom. The molecule has 2 bridgehead atoms. The summed E-state index contributed by atoms with van der Waals surface area (Å²) in [4.78, 5) is 12.3. The fraction of sp³-hybridized carbons (Fsp3) is 0.533. The maximum Gasteiger partial charge on any atom is 0.227 e. The first-order valence-electron chi connectivity index (χ1n) is 6.82. The van der Waals surface area contributed by atoms with Crippen molar-refractivity contribution < 1.29 is 13.9 Å². The summed E-state index contributed by atoms with van der Waals surface area (Å²) < 4.78 is 18.2. The second-order valence-corrected chi connectivity index (χ2v) is 5.62. The number of ether oxygens (including phenoxy) is 1. The van der Waals surface area contributed by atoms with Gasteiger partial charge in [-0.3, -0.25) is 4.79 Å².